The molecule has 1 aromatic heterocycles. The molecule has 90 valence electrons. The van der Waals surface area contributed by atoms with Gasteiger partial charge in [-0.15, -0.1) is 11.3 Å². The van der Waals surface area contributed by atoms with Gasteiger partial charge < -0.3 is 0 Å². The minimum absolute atomic E-state index is 0.186. The first-order chi connectivity index (χ1) is 7.55. The molecule has 2 rings (SSSR count). The van der Waals surface area contributed by atoms with Crippen LogP contribution in [0.25, 0.3) is 0 Å². The molecule has 1 saturated heterocycles. The maximum absolute atomic E-state index is 12.3. The van der Waals surface area contributed by atoms with Gasteiger partial charge in [-0.25, -0.2) is 8.42 Å². The van der Waals surface area contributed by atoms with E-state index in [1.165, 1.54) is 11.3 Å². The van der Waals surface area contributed by atoms with Crippen molar-refractivity contribution in [3.05, 3.63) is 15.9 Å². The van der Waals surface area contributed by atoms with Crippen LogP contribution < -0.4 is 0 Å². The van der Waals surface area contributed by atoms with Crippen molar-refractivity contribution >= 4 is 37.3 Å². The molecule has 0 bridgehead atoms. The van der Waals surface area contributed by atoms with E-state index in [-0.39, 0.29) is 6.04 Å². The van der Waals surface area contributed by atoms with Gasteiger partial charge in [-0.3, -0.25) is 0 Å². The van der Waals surface area contributed by atoms with Crippen LogP contribution in [0.15, 0.2) is 20.1 Å². The molecule has 0 N–H and O–H groups in total. The number of sulfonamides is 1. The van der Waals surface area contributed by atoms with Gasteiger partial charge in [0, 0.05) is 12.6 Å². The van der Waals surface area contributed by atoms with Crippen LogP contribution in [0.3, 0.4) is 0 Å². The maximum atomic E-state index is 12.3. The van der Waals surface area contributed by atoms with Crippen LogP contribution in [0, 0.1) is 0 Å². The van der Waals surface area contributed by atoms with E-state index in [9.17, 15) is 8.42 Å². The lowest BCUT2D eigenvalue weighted by Gasteiger charge is -2.21. The lowest BCUT2D eigenvalue weighted by atomic mass is 10.2. The highest BCUT2D eigenvalue weighted by atomic mass is 79.9. The van der Waals surface area contributed by atoms with Gasteiger partial charge in [0.1, 0.15) is 4.21 Å². The van der Waals surface area contributed by atoms with Crippen LogP contribution >= 0.6 is 27.3 Å². The number of hydrogen-bond acceptors (Lipinski definition) is 3. The zero-order valence-corrected chi connectivity index (χ0v) is 12.2. The fourth-order valence-electron chi connectivity index (χ4n) is 2.09. The molecule has 1 atom stereocenters. The molecule has 0 aliphatic carbocycles. The van der Waals surface area contributed by atoms with E-state index in [4.69, 9.17) is 0 Å². The van der Waals surface area contributed by atoms with E-state index < -0.39 is 10.0 Å². The molecule has 0 aromatic carbocycles. The molecule has 1 aromatic rings. The fourth-order valence-corrected chi connectivity index (χ4v) is 5.99. The molecule has 0 saturated carbocycles. The molecule has 1 aliphatic rings. The quantitative estimate of drug-likeness (QED) is 0.857. The second-order valence-electron chi connectivity index (χ2n) is 3.88. The summed E-state index contributed by atoms with van der Waals surface area (Å²) in [6.07, 6.45) is 2.86. The topological polar surface area (TPSA) is 37.4 Å². The van der Waals surface area contributed by atoms with Crippen LogP contribution in [0.4, 0.5) is 0 Å². The average molecular weight is 324 g/mol. The number of halogens is 1. The number of rotatable bonds is 3. The Labute approximate surface area is 109 Å². The van der Waals surface area contributed by atoms with Crippen LogP contribution in [0.1, 0.15) is 26.2 Å². The molecule has 2 heterocycles. The predicted molar refractivity (Wildman–Crippen MR) is 69.2 cm³/mol. The molecule has 1 fully saturated rings. The number of nitrogens with zero attached hydrogens (tertiary/aromatic N) is 1. The van der Waals surface area contributed by atoms with Crippen molar-refractivity contribution in [1.29, 1.82) is 0 Å². The molecule has 1 unspecified atom stereocenters. The number of thiophene rings is 1. The first kappa shape index (κ1) is 12.5. The van der Waals surface area contributed by atoms with E-state index in [1.807, 2.05) is 6.92 Å². The predicted octanol–water partition coefficient (Wildman–Crippen LogP) is 3.07. The minimum Gasteiger partial charge on any atom is -0.206 e. The standard InChI is InChI=1S/C10H14BrNO2S2/c1-2-8-4-3-7-12(8)16(13,14)10-6-5-9(11)15-10/h5-6,8H,2-4,7H2,1H3. The summed E-state index contributed by atoms with van der Waals surface area (Å²) in [5, 5.41) is 0. The van der Waals surface area contributed by atoms with Crippen molar-refractivity contribution in [3.8, 4) is 0 Å². The van der Waals surface area contributed by atoms with Crippen LogP contribution in [0.2, 0.25) is 0 Å². The van der Waals surface area contributed by atoms with Gasteiger partial charge in [-0.05, 0) is 47.3 Å². The Kier molecular flexibility index (Phi) is 3.73. The Hall–Kier alpha value is 0.0900. The first-order valence-corrected chi connectivity index (χ1v) is 8.38. The van der Waals surface area contributed by atoms with Crippen LogP contribution in [-0.2, 0) is 10.0 Å². The van der Waals surface area contributed by atoms with Crippen molar-refractivity contribution in [2.24, 2.45) is 0 Å². The molecule has 16 heavy (non-hydrogen) atoms. The third-order valence-corrected chi connectivity index (χ3v) is 6.95. The van der Waals surface area contributed by atoms with Crippen LogP contribution in [0.5, 0.6) is 0 Å². The minimum atomic E-state index is -3.26. The summed E-state index contributed by atoms with van der Waals surface area (Å²) in [5.41, 5.74) is 0. The van der Waals surface area contributed by atoms with Gasteiger partial charge in [0.25, 0.3) is 10.0 Å². The highest BCUT2D eigenvalue weighted by Gasteiger charge is 2.34. The molecule has 6 heteroatoms. The molecule has 1 aliphatic heterocycles. The molecule has 0 radical (unpaired) electrons. The summed E-state index contributed by atoms with van der Waals surface area (Å²) >= 11 is 4.58. The molecular weight excluding hydrogens is 310 g/mol. The van der Waals surface area contributed by atoms with E-state index in [0.29, 0.717) is 10.8 Å². The zero-order valence-electron chi connectivity index (χ0n) is 9.02. The molecule has 3 nitrogen and oxygen atoms in total. The highest BCUT2D eigenvalue weighted by Crippen LogP contribution is 2.32. The summed E-state index contributed by atoms with van der Waals surface area (Å²) in [7, 11) is -3.26. The number of hydrogen-bond donors (Lipinski definition) is 0. The van der Waals surface area contributed by atoms with Gasteiger partial charge in [0.2, 0.25) is 0 Å². The summed E-state index contributed by atoms with van der Waals surface area (Å²) in [6, 6.07) is 3.65. The second-order valence-corrected chi connectivity index (χ2v) is 8.46. The monoisotopic (exact) mass is 323 g/mol. The third kappa shape index (κ3) is 2.20. The molecule has 0 amide bonds. The van der Waals surface area contributed by atoms with Gasteiger partial charge in [-0.2, -0.15) is 4.31 Å². The van der Waals surface area contributed by atoms with E-state index >= 15 is 0 Å². The summed E-state index contributed by atoms with van der Waals surface area (Å²) in [6.45, 7) is 2.71. The van der Waals surface area contributed by atoms with Gasteiger partial charge >= 0.3 is 0 Å². The third-order valence-electron chi connectivity index (χ3n) is 2.91. The largest absolute Gasteiger partial charge is 0.252 e. The highest BCUT2D eigenvalue weighted by molar-refractivity contribution is 9.11. The zero-order chi connectivity index (χ0) is 11.8. The Morgan fingerprint density at radius 3 is 2.88 bits per heavy atom. The second kappa shape index (κ2) is 4.76. The summed E-state index contributed by atoms with van der Waals surface area (Å²) in [4.78, 5) is 0. The molecule has 0 spiro atoms. The van der Waals surface area contributed by atoms with Crippen molar-refractivity contribution in [2.75, 3.05) is 6.54 Å². The molecular formula is C10H14BrNO2S2. The average Bonchev–Trinajstić information content (AvgIpc) is 2.85. The smallest absolute Gasteiger partial charge is 0.206 e. The van der Waals surface area contributed by atoms with Gasteiger partial charge in [0.05, 0.1) is 3.79 Å². The fraction of sp³-hybridized carbons (Fsp3) is 0.600. The van der Waals surface area contributed by atoms with E-state index in [2.05, 4.69) is 15.9 Å². The Morgan fingerprint density at radius 2 is 2.31 bits per heavy atom. The summed E-state index contributed by atoms with van der Waals surface area (Å²) in [5.74, 6) is 0. The first-order valence-electron chi connectivity index (χ1n) is 5.33. The van der Waals surface area contributed by atoms with Gasteiger partial charge in [0.15, 0.2) is 0 Å². The normalized spacial score (nSPS) is 22.8. The maximum Gasteiger partial charge on any atom is 0.252 e. The summed E-state index contributed by atoms with van der Waals surface area (Å²) < 4.78 is 27.6. The lowest BCUT2D eigenvalue weighted by molar-refractivity contribution is 0.380. The van der Waals surface area contributed by atoms with Crippen molar-refractivity contribution in [3.63, 3.8) is 0 Å². The Bertz CT molecular complexity index is 469. The van der Waals surface area contributed by atoms with Crippen molar-refractivity contribution in [1.82, 2.24) is 4.31 Å². The van der Waals surface area contributed by atoms with Crippen LogP contribution in [-0.4, -0.2) is 25.3 Å². The van der Waals surface area contributed by atoms with Crippen molar-refractivity contribution < 1.29 is 8.42 Å². The SMILES string of the molecule is CCC1CCCN1S(=O)(=O)c1ccc(Br)s1. The Balaban J connectivity index is 2.32. The van der Waals surface area contributed by atoms with Crippen molar-refractivity contribution in [2.45, 2.75) is 36.4 Å². The van der Waals surface area contributed by atoms with E-state index in [1.54, 1.807) is 16.4 Å². The Morgan fingerprint density at radius 1 is 1.56 bits per heavy atom. The van der Waals surface area contributed by atoms with Gasteiger partial charge in [-0.1, -0.05) is 6.92 Å². The lowest BCUT2D eigenvalue weighted by Crippen LogP contribution is -2.34. The van der Waals surface area contributed by atoms with E-state index in [0.717, 1.165) is 23.0 Å².